The monoisotopic (exact) mass is 354 g/mol. The Morgan fingerprint density at radius 2 is 2.15 bits per heavy atom. The molecule has 0 saturated heterocycles. The molecule has 26 heavy (non-hydrogen) atoms. The number of aromatic nitrogens is 1. The van der Waals surface area contributed by atoms with Crippen molar-refractivity contribution in [3.8, 4) is 0 Å². The fraction of sp³-hybridized carbons (Fsp3) is 0.545. The molecule has 1 heterocycles. The maximum absolute atomic E-state index is 12.2. The van der Waals surface area contributed by atoms with Crippen LogP contribution in [0.15, 0.2) is 48.8 Å². The number of aliphatic hydroxyl groups is 1. The Labute approximate surface area is 156 Å². The van der Waals surface area contributed by atoms with Crippen LogP contribution >= 0.6 is 0 Å². The zero-order valence-corrected chi connectivity index (χ0v) is 15.9. The van der Waals surface area contributed by atoms with Gasteiger partial charge in [-0.15, -0.1) is 0 Å². The summed E-state index contributed by atoms with van der Waals surface area (Å²) in [4.78, 5) is 16.3. The Hall–Kier alpha value is -1.94. The van der Waals surface area contributed by atoms with Crippen molar-refractivity contribution < 1.29 is 9.90 Å². The molecule has 0 bridgehead atoms. The van der Waals surface area contributed by atoms with E-state index in [0.29, 0.717) is 30.2 Å². The van der Waals surface area contributed by atoms with Gasteiger partial charge in [0, 0.05) is 18.9 Å². The van der Waals surface area contributed by atoms with Gasteiger partial charge in [0.2, 0.25) is 5.91 Å². The van der Waals surface area contributed by atoms with Crippen LogP contribution in [0, 0.1) is 35.5 Å². The van der Waals surface area contributed by atoms with Crippen molar-refractivity contribution >= 4 is 5.91 Å². The van der Waals surface area contributed by atoms with Crippen LogP contribution in [0.1, 0.15) is 32.8 Å². The van der Waals surface area contributed by atoms with Gasteiger partial charge in [-0.05, 0) is 59.6 Å². The first-order chi connectivity index (χ1) is 12.5. The highest BCUT2D eigenvalue weighted by Gasteiger charge is 2.44. The van der Waals surface area contributed by atoms with Gasteiger partial charge in [0.15, 0.2) is 0 Å². The summed E-state index contributed by atoms with van der Waals surface area (Å²) in [5, 5.41) is 13.5. The molecule has 7 atom stereocenters. The molecular formula is C22H30N2O2. The lowest BCUT2D eigenvalue weighted by Gasteiger charge is -2.48. The first-order valence-corrected chi connectivity index (χ1v) is 9.68. The fourth-order valence-electron chi connectivity index (χ4n) is 4.75. The van der Waals surface area contributed by atoms with E-state index in [4.69, 9.17) is 0 Å². The van der Waals surface area contributed by atoms with Gasteiger partial charge in [-0.2, -0.15) is 0 Å². The summed E-state index contributed by atoms with van der Waals surface area (Å²) >= 11 is 0. The highest BCUT2D eigenvalue weighted by atomic mass is 16.3. The SMILES string of the molecule is C[C@@H]1[C@@H](O)[C@H](C)C[C@@H]2C=C[C@H](C)[C@H](/C=C/C(=O)NCc3cccnc3)[C@@H]12. The van der Waals surface area contributed by atoms with Crippen molar-refractivity contribution in [1.82, 2.24) is 10.3 Å². The third-order valence-corrected chi connectivity index (χ3v) is 6.24. The van der Waals surface area contributed by atoms with Gasteiger partial charge in [-0.25, -0.2) is 0 Å². The van der Waals surface area contributed by atoms with Crippen LogP contribution in [0.3, 0.4) is 0 Å². The maximum atomic E-state index is 12.2. The van der Waals surface area contributed by atoms with Gasteiger partial charge in [-0.3, -0.25) is 9.78 Å². The molecule has 3 rings (SSSR count). The van der Waals surface area contributed by atoms with E-state index < -0.39 is 0 Å². The van der Waals surface area contributed by atoms with E-state index in [0.717, 1.165) is 12.0 Å². The Morgan fingerprint density at radius 3 is 2.88 bits per heavy atom. The Balaban J connectivity index is 1.66. The lowest BCUT2D eigenvalue weighted by atomic mass is 9.58. The Bertz CT molecular complexity index is 670. The van der Waals surface area contributed by atoms with Gasteiger partial charge in [0.1, 0.15) is 0 Å². The molecular weight excluding hydrogens is 324 g/mol. The summed E-state index contributed by atoms with van der Waals surface area (Å²) in [5.74, 6) is 2.04. The average Bonchev–Trinajstić information content (AvgIpc) is 2.65. The molecule has 4 nitrogen and oxygen atoms in total. The molecule has 2 aliphatic rings. The minimum atomic E-state index is -0.259. The normalized spacial score (nSPS) is 36.7. The largest absolute Gasteiger partial charge is 0.393 e. The third kappa shape index (κ3) is 4.07. The van der Waals surface area contributed by atoms with Crippen LogP contribution in [-0.2, 0) is 11.3 Å². The Kier molecular flexibility index (Phi) is 5.92. The average molecular weight is 354 g/mol. The number of carbonyl (C=O) groups excluding carboxylic acids is 1. The number of hydrogen-bond acceptors (Lipinski definition) is 3. The predicted molar refractivity (Wildman–Crippen MR) is 103 cm³/mol. The van der Waals surface area contributed by atoms with E-state index in [1.165, 1.54) is 0 Å². The first kappa shape index (κ1) is 18.8. The van der Waals surface area contributed by atoms with E-state index in [1.807, 2.05) is 12.1 Å². The van der Waals surface area contributed by atoms with E-state index in [1.54, 1.807) is 18.5 Å². The summed E-state index contributed by atoms with van der Waals surface area (Å²) < 4.78 is 0. The molecule has 0 radical (unpaired) electrons. The van der Waals surface area contributed by atoms with Crippen LogP contribution in [0.5, 0.6) is 0 Å². The van der Waals surface area contributed by atoms with Crippen LogP contribution in [0.25, 0.3) is 0 Å². The van der Waals surface area contributed by atoms with Gasteiger partial charge >= 0.3 is 0 Å². The Morgan fingerprint density at radius 1 is 1.35 bits per heavy atom. The molecule has 0 aliphatic heterocycles. The van der Waals surface area contributed by atoms with E-state index in [-0.39, 0.29) is 23.8 Å². The number of nitrogens with one attached hydrogen (secondary N) is 1. The summed E-state index contributed by atoms with van der Waals surface area (Å²) in [5.41, 5.74) is 0.987. The number of pyridine rings is 1. The van der Waals surface area contributed by atoms with E-state index >= 15 is 0 Å². The first-order valence-electron chi connectivity index (χ1n) is 9.68. The topological polar surface area (TPSA) is 62.2 Å². The fourth-order valence-corrected chi connectivity index (χ4v) is 4.75. The van der Waals surface area contributed by atoms with Crippen molar-refractivity contribution in [2.45, 2.75) is 39.8 Å². The molecule has 0 unspecified atom stereocenters. The number of rotatable bonds is 4. The minimum Gasteiger partial charge on any atom is -0.393 e. The summed E-state index contributed by atoms with van der Waals surface area (Å²) in [6, 6.07) is 3.81. The summed E-state index contributed by atoms with van der Waals surface area (Å²) in [6.07, 6.45) is 12.6. The van der Waals surface area contributed by atoms with E-state index in [2.05, 4.69) is 49.3 Å². The van der Waals surface area contributed by atoms with Gasteiger partial charge < -0.3 is 10.4 Å². The van der Waals surface area contributed by atoms with Crippen LogP contribution < -0.4 is 5.32 Å². The lowest BCUT2D eigenvalue weighted by molar-refractivity contribution is -0.116. The molecule has 1 aromatic rings. The van der Waals surface area contributed by atoms with Gasteiger partial charge in [-0.1, -0.05) is 45.1 Å². The third-order valence-electron chi connectivity index (χ3n) is 6.24. The van der Waals surface area contributed by atoms with Crippen molar-refractivity contribution in [2.24, 2.45) is 35.5 Å². The van der Waals surface area contributed by atoms with Gasteiger partial charge in [0.25, 0.3) is 0 Å². The second-order valence-corrected chi connectivity index (χ2v) is 8.06. The number of amides is 1. The standard InChI is InChI=1S/C22H30N2O2/c1-14-6-7-18-11-15(2)22(26)16(3)21(18)19(14)8-9-20(25)24-13-17-5-4-10-23-12-17/h4-10,12,14-16,18-19,21-22,26H,11,13H2,1-3H3,(H,24,25)/b9-8+/t14-,15+,16-,18-,19-,21-,22-/m0/s1. The van der Waals surface area contributed by atoms with Gasteiger partial charge in [0.05, 0.1) is 6.10 Å². The lowest BCUT2D eigenvalue weighted by Crippen LogP contribution is -2.46. The molecule has 0 aromatic carbocycles. The summed E-state index contributed by atoms with van der Waals surface area (Å²) in [7, 11) is 0. The number of nitrogens with zero attached hydrogens (tertiary/aromatic N) is 1. The zero-order chi connectivity index (χ0) is 18.7. The molecule has 4 heteroatoms. The van der Waals surface area contributed by atoms with E-state index in [9.17, 15) is 9.90 Å². The maximum Gasteiger partial charge on any atom is 0.243 e. The van der Waals surface area contributed by atoms with Crippen LogP contribution in [-0.4, -0.2) is 22.1 Å². The number of aliphatic hydroxyl groups excluding tert-OH is 1. The summed E-state index contributed by atoms with van der Waals surface area (Å²) in [6.45, 7) is 6.98. The molecule has 2 aliphatic carbocycles. The predicted octanol–water partition coefficient (Wildman–Crippen LogP) is 3.35. The number of fused-ring (bicyclic) bond motifs is 1. The second-order valence-electron chi connectivity index (χ2n) is 8.06. The molecule has 140 valence electrons. The molecule has 1 aromatic heterocycles. The second kappa shape index (κ2) is 8.17. The minimum absolute atomic E-state index is 0.0791. The number of allylic oxidation sites excluding steroid dienone is 3. The van der Waals surface area contributed by atoms with Crippen LogP contribution in [0.2, 0.25) is 0 Å². The number of carbonyl (C=O) groups is 1. The van der Waals surface area contributed by atoms with Crippen LogP contribution in [0.4, 0.5) is 0 Å². The molecule has 1 amide bonds. The van der Waals surface area contributed by atoms with Crippen molar-refractivity contribution in [3.63, 3.8) is 0 Å². The quantitative estimate of drug-likeness (QED) is 0.644. The molecule has 2 N–H and O–H groups in total. The molecule has 1 saturated carbocycles. The van der Waals surface area contributed by atoms with Crippen molar-refractivity contribution in [3.05, 3.63) is 54.4 Å². The molecule has 1 fully saturated rings. The van der Waals surface area contributed by atoms with Crippen molar-refractivity contribution in [2.75, 3.05) is 0 Å². The zero-order valence-electron chi connectivity index (χ0n) is 15.9. The highest BCUT2D eigenvalue weighted by molar-refractivity contribution is 5.87. The smallest absolute Gasteiger partial charge is 0.243 e. The highest BCUT2D eigenvalue weighted by Crippen LogP contribution is 2.48. The van der Waals surface area contributed by atoms with Crippen molar-refractivity contribution in [1.29, 1.82) is 0 Å². The molecule has 0 spiro atoms. The number of hydrogen-bond donors (Lipinski definition) is 2.